The molecule has 7 nitrogen and oxygen atoms in total. The van der Waals surface area contributed by atoms with Gasteiger partial charge in [-0.3, -0.25) is 4.79 Å². The molecule has 1 aliphatic rings. The molecule has 4 N–H and O–H groups in total. The summed E-state index contributed by atoms with van der Waals surface area (Å²) in [6, 6.07) is 16.2. The number of hydrogen-bond acceptors (Lipinski definition) is 6. The van der Waals surface area contributed by atoms with Crippen LogP contribution < -0.4 is 5.32 Å². The molecule has 0 radical (unpaired) electrons. The molecule has 0 saturated carbocycles. The smallest absolute Gasteiger partial charge is 0.274 e. The molecule has 5 rings (SSSR count). The molecule has 0 bridgehead atoms. The van der Waals surface area contributed by atoms with Crippen molar-refractivity contribution >= 4 is 33.5 Å². The third-order valence-electron chi connectivity index (χ3n) is 5.52. The highest BCUT2D eigenvalue weighted by molar-refractivity contribution is 8.08. The van der Waals surface area contributed by atoms with Gasteiger partial charge < -0.3 is 20.5 Å². The zero-order valence-electron chi connectivity index (χ0n) is 17.7. The number of nitrogens with one attached hydrogen (secondary N) is 2. The van der Waals surface area contributed by atoms with Crippen LogP contribution in [0.25, 0.3) is 15.8 Å². The Morgan fingerprint density at radius 3 is 2.79 bits per heavy atom. The summed E-state index contributed by atoms with van der Waals surface area (Å²) in [5.41, 5.74) is 4.13. The van der Waals surface area contributed by atoms with E-state index in [1.165, 1.54) is 10.9 Å². The van der Waals surface area contributed by atoms with Crippen molar-refractivity contribution in [1.29, 1.82) is 0 Å². The second-order valence-corrected chi connectivity index (χ2v) is 8.95. The molecular formula is C25H22N4O3S. The van der Waals surface area contributed by atoms with E-state index in [4.69, 9.17) is 0 Å². The van der Waals surface area contributed by atoms with Gasteiger partial charge in [0.25, 0.3) is 11.8 Å². The summed E-state index contributed by atoms with van der Waals surface area (Å²) < 4.78 is 0. The Kier molecular flexibility index (Phi) is 5.75. The van der Waals surface area contributed by atoms with Crippen LogP contribution in [0.2, 0.25) is 0 Å². The van der Waals surface area contributed by atoms with Gasteiger partial charge in [-0.25, -0.2) is 4.98 Å². The number of thioether (sulfide) groups is 1. The van der Waals surface area contributed by atoms with Crippen LogP contribution in [-0.4, -0.2) is 36.8 Å². The summed E-state index contributed by atoms with van der Waals surface area (Å²) in [5, 5.41) is 24.1. The van der Waals surface area contributed by atoms with Gasteiger partial charge in [-0.2, -0.15) is 4.98 Å². The third-order valence-corrected chi connectivity index (χ3v) is 6.62. The van der Waals surface area contributed by atoms with E-state index in [9.17, 15) is 15.0 Å². The molecule has 0 unspecified atom stereocenters. The van der Waals surface area contributed by atoms with E-state index < -0.39 is 17.5 Å². The summed E-state index contributed by atoms with van der Waals surface area (Å²) >= 11 is 1.55. The van der Waals surface area contributed by atoms with E-state index in [1.54, 1.807) is 11.8 Å². The van der Waals surface area contributed by atoms with Crippen molar-refractivity contribution in [1.82, 2.24) is 20.3 Å². The van der Waals surface area contributed by atoms with Crippen LogP contribution in [-0.2, 0) is 13.0 Å². The molecular weight excluding hydrogens is 436 g/mol. The fraction of sp³-hybridized carbons (Fsp3) is 0.160. The number of para-hydroxylation sites is 1. The van der Waals surface area contributed by atoms with E-state index in [-0.39, 0.29) is 18.1 Å². The van der Waals surface area contributed by atoms with Gasteiger partial charge in [0.1, 0.15) is 0 Å². The first-order valence-corrected chi connectivity index (χ1v) is 11.6. The molecule has 33 heavy (non-hydrogen) atoms. The van der Waals surface area contributed by atoms with Gasteiger partial charge in [0.15, 0.2) is 11.5 Å². The highest BCUT2D eigenvalue weighted by Crippen LogP contribution is 2.35. The van der Waals surface area contributed by atoms with Crippen LogP contribution in [0.3, 0.4) is 0 Å². The van der Waals surface area contributed by atoms with Gasteiger partial charge >= 0.3 is 0 Å². The number of allylic oxidation sites excluding steroid dienone is 1. The maximum atomic E-state index is 12.7. The Hall–Kier alpha value is -3.78. The minimum absolute atomic E-state index is 0.235. The quantitative estimate of drug-likeness (QED) is 0.342. The topological polar surface area (TPSA) is 111 Å². The second kappa shape index (κ2) is 8.99. The molecule has 1 amide bonds. The number of aromatic nitrogens is 3. The van der Waals surface area contributed by atoms with Gasteiger partial charge in [0.2, 0.25) is 5.75 Å². The normalized spacial score (nSPS) is 13.3. The van der Waals surface area contributed by atoms with E-state index >= 15 is 0 Å². The fourth-order valence-electron chi connectivity index (χ4n) is 3.90. The number of aromatic amines is 1. The molecule has 166 valence electrons. The lowest BCUT2D eigenvalue weighted by atomic mass is 10.0. The Bertz CT molecular complexity index is 1380. The van der Waals surface area contributed by atoms with Crippen LogP contribution in [0.4, 0.5) is 0 Å². The molecule has 3 heterocycles. The van der Waals surface area contributed by atoms with Gasteiger partial charge in [0, 0.05) is 34.3 Å². The Labute approximate surface area is 194 Å². The average molecular weight is 459 g/mol. The van der Waals surface area contributed by atoms with Crippen molar-refractivity contribution in [3.8, 4) is 11.6 Å². The summed E-state index contributed by atoms with van der Waals surface area (Å²) in [5.74, 6) is -0.639. The summed E-state index contributed by atoms with van der Waals surface area (Å²) in [4.78, 5) is 24.9. The number of carbonyl (C=O) groups is 1. The highest BCUT2D eigenvalue weighted by Gasteiger charge is 2.22. The molecule has 0 aliphatic carbocycles. The number of benzene rings is 2. The number of hydrogen-bond donors (Lipinski definition) is 4. The van der Waals surface area contributed by atoms with Gasteiger partial charge in [0.05, 0.1) is 0 Å². The summed E-state index contributed by atoms with van der Waals surface area (Å²) in [6.45, 7) is 0.261. The zero-order chi connectivity index (χ0) is 22.8. The SMILES string of the molecule is O=C(NCc1cccc(Cc2c[nH]c3ccccc23)c1)c1nc(C2=CCCS2)nc(O)c1O. The maximum Gasteiger partial charge on any atom is 0.274 e. The third kappa shape index (κ3) is 4.42. The van der Waals surface area contributed by atoms with Gasteiger partial charge in [-0.15, -0.1) is 11.8 Å². The number of amides is 1. The molecule has 0 fully saturated rings. The van der Waals surface area contributed by atoms with Crippen molar-refractivity contribution < 1.29 is 15.0 Å². The van der Waals surface area contributed by atoms with E-state index in [2.05, 4.69) is 38.5 Å². The van der Waals surface area contributed by atoms with Gasteiger partial charge in [-0.1, -0.05) is 48.5 Å². The Morgan fingerprint density at radius 2 is 1.94 bits per heavy atom. The average Bonchev–Trinajstić information content (AvgIpc) is 3.50. The van der Waals surface area contributed by atoms with Crippen molar-refractivity contribution in [3.63, 3.8) is 0 Å². The number of aromatic hydroxyl groups is 2. The van der Waals surface area contributed by atoms with Crippen molar-refractivity contribution in [2.45, 2.75) is 19.4 Å². The number of carbonyl (C=O) groups excluding carboxylic acids is 1. The maximum absolute atomic E-state index is 12.7. The van der Waals surface area contributed by atoms with Crippen molar-refractivity contribution in [2.75, 3.05) is 5.75 Å². The van der Waals surface area contributed by atoms with Crippen molar-refractivity contribution in [3.05, 3.63) is 89.0 Å². The van der Waals surface area contributed by atoms with Gasteiger partial charge in [-0.05, 0) is 35.6 Å². The number of H-pyrrole nitrogens is 1. The minimum atomic E-state index is -0.618. The predicted octanol–water partition coefficient (Wildman–Crippen LogP) is 4.37. The lowest BCUT2D eigenvalue weighted by Crippen LogP contribution is -2.24. The Morgan fingerprint density at radius 1 is 1.09 bits per heavy atom. The first-order chi connectivity index (χ1) is 16.1. The zero-order valence-corrected chi connectivity index (χ0v) is 18.5. The first-order valence-electron chi connectivity index (χ1n) is 10.6. The van der Waals surface area contributed by atoms with Crippen LogP contribution in [0, 0.1) is 0 Å². The second-order valence-electron chi connectivity index (χ2n) is 7.81. The molecule has 2 aromatic heterocycles. The molecule has 1 aliphatic heterocycles. The van der Waals surface area contributed by atoms with E-state index in [0.29, 0.717) is 0 Å². The molecule has 0 saturated heterocycles. The van der Waals surface area contributed by atoms with E-state index in [1.807, 2.05) is 42.6 Å². The Balaban J connectivity index is 1.30. The number of rotatable bonds is 6. The predicted molar refractivity (Wildman–Crippen MR) is 129 cm³/mol. The number of fused-ring (bicyclic) bond motifs is 1. The molecule has 0 atom stereocenters. The largest absolute Gasteiger partial charge is 0.501 e. The molecule has 4 aromatic rings. The summed E-state index contributed by atoms with van der Waals surface area (Å²) in [6.07, 6.45) is 5.63. The lowest BCUT2D eigenvalue weighted by Gasteiger charge is -2.10. The summed E-state index contributed by atoms with van der Waals surface area (Å²) in [7, 11) is 0. The number of nitrogens with zero attached hydrogens (tertiary/aromatic N) is 2. The molecule has 0 spiro atoms. The monoisotopic (exact) mass is 458 g/mol. The van der Waals surface area contributed by atoms with Crippen LogP contribution >= 0.6 is 11.8 Å². The van der Waals surface area contributed by atoms with E-state index in [0.717, 1.165) is 40.1 Å². The molecule has 2 aromatic carbocycles. The standard InChI is InChI=1S/C25H22N4O3S/c30-22-21(28-23(29-25(22)32)20-9-4-10-33-20)24(31)27-13-16-6-3-5-15(11-16)12-17-14-26-19-8-2-1-7-18(17)19/h1-3,5-9,11,14,26,30H,4,10,12-13H2,(H,27,31)(H,28,29,32). The highest BCUT2D eigenvalue weighted by atomic mass is 32.2. The van der Waals surface area contributed by atoms with Crippen molar-refractivity contribution in [2.24, 2.45) is 0 Å². The minimum Gasteiger partial charge on any atom is -0.501 e. The first kappa shape index (κ1) is 21.1. The molecule has 8 heteroatoms. The van der Waals surface area contributed by atoms with Crippen LogP contribution in [0.1, 0.15) is 39.4 Å². The lowest BCUT2D eigenvalue weighted by molar-refractivity contribution is 0.0941. The fourth-order valence-corrected chi connectivity index (χ4v) is 4.81. The van der Waals surface area contributed by atoms with Crippen LogP contribution in [0.5, 0.6) is 11.6 Å². The van der Waals surface area contributed by atoms with Crippen LogP contribution in [0.15, 0.2) is 60.8 Å².